The van der Waals surface area contributed by atoms with Crippen LogP contribution in [-0.4, -0.2) is 21.6 Å². The van der Waals surface area contributed by atoms with Crippen LogP contribution < -0.4 is 10.9 Å². The first-order valence-electron chi connectivity index (χ1n) is 7.27. The third-order valence-corrected chi connectivity index (χ3v) is 3.76. The normalized spacial score (nSPS) is 10.4. The van der Waals surface area contributed by atoms with Gasteiger partial charge >= 0.3 is 0 Å². The fourth-order valence-electron chi connectivity index (χ4n) is 2.16. The molecule has 2 aromatic rings. The molecular weight excluding hydrogens is 360 g/mol. The van der Waals surface area contributed by atoms with Crippen molar-refractivity contribution in [2.75, 3.05) is 0 Å². The van der Waals surface area contributed by atoms with E-state index < -0.39 is 0 Å². The molecule has 122 valence electrons. The van der Waals surface area contributed by atoms with Crippen molar-refractivity contribution in [3.63, 3.8) is 0 Å². The van der Waals surface area contributed by atoms with Gasteiger partial charge < -0.3 is 0 Å². The molecule has 0 saturated carbocycles. The lowest BCUT2D eigenvalue weighted by molar-refractivity contribution is -0.129. The van der Waals surface area contributed by atoms with E-state index in [4.69, 9.17) is 0 Å². The number of halogens is 1. The van der Waals surface area contributed by atoms with Crippen LogP contribution in [0.2, 0.25) is 0 Å². The van der Waals surface area contributed by atoms with Gasteiger partial charge in [0.25, 0.3) is 5.91 Å². The monoisotopic (exact) mass is 378 g/mol. The van der Waals surface area contributed by atoms with Crippen molar-refractivity contribution in [2.45, 2.75) is 33.2 Å². The fraction of sp³-hybridized carbons (Fsp3) is 0.312. The summed E-state index contributed by atoms with van der Waals surface area (Å²) >= 11 is 3.39. The van der Waals surface area contributed by atoms with Gasteiger partial charge in [-0.05, 0) is 44.0 Å². The highest BCUT2D eigenvalue weighted by Crippen LogP contribution is 2.12. The number of aromatic nitrogens is 2. The Morgan fingerprint density at radius 2 is 1.91 bits per heavy atom. The van der Waals surface area contributed by atoms with E-state index >= 15 is 0 Å². The number of hydrogen-bond acceptors (Lipinski definition) is 3. The zero-order chi connectivity index (χ0) is 16.8. The topological polar surface area (TPSA) is 76.0 Å². The van der Waals surface area contributed by atoms with Crippen molar-refractivity contribution in [1.82, 2.24) is 20.6 Å². The van der Waals surface area contributed by atoms with E-state index in [9.17, 15) is 9.59 Å². The van der Waals surface area contributed by atoms with E-state index in [-0.39, 0.29) is 18.4 Å². The predicted molar refractivity (Wildman–Crippen MR) is 90.4 cm³/mol. The summed E-state index contributed by atoms with van der Waals surface area (Å²) in [4.78, 5) is 23.6. The van der Waals surface area contributed by atoms with Gasteiger partial charge in [0.05, 0.1) is 5.69 Å². The molecular formula is C16H19BrN4O2. The quantitative estimate of drug-likeness (QED) is 0.781. The average Bonchev–Trinajstić information content (AvgIpc) is 2.81. The van der Waals surface area contributed by atoms with Crippen LogP contribution in [0.25, 0.3) is 0 Å². The van der Waals surface area contributed by atoms with Crippen LogP contribution in [0.15, 0.2) is 34.8 Å². The smallest absolute Gasteiger partial charge is 0.260 e. The largest absolute Gasteiger partial charge is 0.273 e. The van der Waals surface area contributed by atoms with Crippen molar-refractivity contribution in [1.29, 1.82) is 0 Å². The minimum Gasteiger partial charge on any atom is -0.273 e. The Hall–Kier alpha value is -2.15. The van der Waals surface area contributed by atoms with Gasteiger partial charge in [-0.3, -0.25) is 25.1 Å². The van der Waals surface area contributed by atoms with E-state index in [1.165, 1.54) is 0 Å². The maximum absolute atomic E-state index is 11.8. The summed E-state index contributed by atoms with van der Waals surface area (Å²) in [6.45, 7) is 3.82. The fourth-order valence-corrected chi connectivity index (χ4v) is 2.61. The van der Waals surface area contributed by atoms with Gasteiger partial charge in [-0.15, -0.1) is 0 Å². The maximum atomic E-state index is 11.8. The number of benzene rings is 1. The Balaban J connectivity index is 1.73. The molecule has 0 atom stereocenters. The third kappa shape index (κ3) is 5.52. The van der Waals surface area contributed by atoms with E-state index in [1.807, 2.05) is 44.2 Å². The van der Waals surface area contributed by atoms with E-state index in [0.717, 1.165) is 21.4 Å². The van der Waals surface area contributed by atoms with E-state index in [1.54, 1.807) is 4.68 Å². The van der Waals surface area contributed by atoms with Crippen molar-refractivity contribution >= 4 is 27.7 Å². The van der Waals surface area contributed by atoms with Crippen molar-refractivity contribution < 1.29 is 9.59 Å². The summed E-state index contributed by atoms with van der Waals surface area (Å²) in [6, 6.07) is 9.67. The lowest BCUT2D eigenvalue weighted by Crippen LogP contribution is -2.43. The summed E-state index contributed by atoms with van der Waals surface area (Å²) in [5.41, 5.74) is 7.64. The SMILES string of the molecule is Cc1cc(C)n(CC(=O)NNC(=O)CCc2cccc(Br)c2)n1. The van der Waals surface area contributed by atoms with Gasteiger partial charge in [0.15, 0.2) is 0 Å². The van der Waals surface area contributed by atoms with Gasteiger partial charge in [-0.25, -0.2) is 0 Å². The number of aryl methyl sites for hydroxylation is 3. The van der Waals surface area contributed by atoms with Crippen LogP contribution in [0, 0.1) is 13.8 Å². The highest BCUT2D eigenvalue weighted by molar-refractivity contribution is 9.10. The lowest BCUT2D eigenvalue weighted by atomic mass is 10.1. The van der Waals surface area contributed by atoms with Crippen LogP contribution >= 0.6 is 15.9 Å². The summed E-state index contributed by atoms with van der Waals surface area (Å²) in [5, 5.41) is 4.20. The number of amides is 2. The van der Waals surface area contributed by atoms with Crippen LogP contribution in [0.1, 0.15) is 23.4 Å². The number of nitrogens with zero attached hydrogens (tertiary/aromatic N) is 2. The molecule has 1 aromatic carbocycles. The number of nitrogens with one attached hydrogen (secondary N) is 2. The number of rotatable bonds is 5. The molecule has 23 heavy (non-hydrogen) atoms. The number of hydrazine groups is 1. The molecule has 1 aromatic heterocycles. The van der Waals surface area contributed by atoms with E-state index in [0.29, 0.717) is 12.8 Å². The lowest BCUT2D eigenvalue weighted by Gasteiger charge is -2.08. The molecule has 0 aliphatic rings. The molecule has 2 amide bonds. The van der Waals surface area contributed by atoms with Gasteiger partial charge in [0, 0.05) is 16.6 Å². The molecule has 0 unspecified atom stereocenters. The molecule has 0 bridgehead atoms. The highest BCUT2D eigenvalue weighted by Gasteiger charge is 2.08. The molecule has 2 N–H and O–H groups in total. The van der Waals surface area contributed by atoms with Crippen LogP contribution in [0.4, 0.5) is 0 Å². The predicted octanol–water partition coefficient (Wildman–Crippen LogP) is 2.04. The zero-order valence-corrected chi connectivity index (χ0v) is 14.7. The second-order valence-electron chi connectivity index (χ2n) is 5.31. The summed E-state index contributed by atoms with van der Waals surface area (Å²) in [5.74, 6) is -0.543. The zero-order valence-electron chi connectivity index (χ0n) is 13.1. The summed E-state index contributed by atoms with van der Waals surface area (Å²) < 4.78 is 2.58. The maximum Gasteiger partial charge on any atom is 0.260 e. The molecule has 6 nitrogen and oxygen atoms in total. The Kier molecular flexibility index (Phi) is 5.92. The molecule has 0 aliphatic carbocycles. The van der Waals surface area contributed by atoms with E-state index in [2.05, 4.69) is 31.9 Å². The molecule has 0 spiro atoms. The Morgan fingerprint density at radius 3 is 2.57 bits per heavy atom. The minimum atomic E-state index is -0.313. The molecule has 7 heteroatoms. The Morgan fingerprint density at radius 1 is 1.17 bits per heavy atom. The molecule has 0 saturated heterocycles. The Labute approximate surface area is 143 Å². The molecule has 1 heterocycles. The second-order valence-corrected chi connectivity index (χ2v) is 6.23. The number of carbonyl (C=O) groups excluding carboxylic acids is 2. The molecule has 2 rings (SSSR count). The first-order chi connectivity index (χ1) is 10.9. The molecule has 0 aliphatic heterocycles. The van der Waals surface area contributed by atoms with Gasteiger partial charge in [-0.2, -0.15) is 5.10 Å². The van der Waals surface area contributed by atoms with Crippen molar-refractivity contribution in [3.8, 4) is 0 Å². The number of hydrogen-bond donors (Lipinski definition) is 2. The van der Waals surface area contributed by atoms with Gasteiger partial charge in [0.1, 0.15) is 6.54 Å². The summed E-state index contributed by atoms with van der Waals surface area (Å²) in [6.07, 6.45) is 0.912. The minimum absolute atomic E-state index is 0.0750. The standard InChI is InChI=1S/C16H19BrN4O2/c1-11-8-12(2)21(20-11)10-16(23)19-18-15(22)7-6-13-4-3-5-14(17)9-13/h3-5,8-9H,6-7,10H2,1-2H3,(H,18,22)(H,19,23). The second kappa shape index (κ2) is 7.92. The van der Waals surface area contributed by atoms with Crippen molar-refractivity contribution in [3.05, 3.63) is 51.8 Å². The van der Waals surface area contributed by atoms with Crippen LogP contribution in [0.5, 0.6) is 0 Å². The Bertz CT molecular complexity index is 712. The third-order valence-electron chi connectivity index (χ3n) is 3.27. The first-order valence-corrected chi connectivity index (χ1v) is 8.06. The highest BCUT2D eigenvalue weighted by atomic mass is 79.9. The van der Waals surface area contributed by atoms with Gasteiger partial charge in [0.2, 0.25) is 5.91 Å². The first kappa shape index (κ1) is 17.2. The molecule has 0 radical (unpaired) electrons. The van der Waals surface area contributed by atoms with Crippen LogP contribution in [-0.2, 0) is 22.6 Å². The summed E-state index contributed by atoms with van der Waals surface area (Å²) in [7, 11) is 0. The van der Waals surface area contributed by atoms with Crippen molar-refractivity contribution in [2.24, 2.45) is 0 Å². The molecule has 0 fully saturated rings. The number of carbonyl (C=O) groups is 2. The van der Waals surface area contributed by atoms with Crippen LogP contribution in [0.3, 0.4) is 0 Å². The average molecular weight is 379 g/mol. The van der Waals surface area contributed by atoms with Gasteiger partial charge in [-0.1, -0.05) is 28.1 Å².